The molecule has 0 aliphatic carbocycles. The van der Waals surface area contributed by atoms with Crippen LogP contribution in [0.2, 0.25) is 0 Å². The highest BCUT2D eigenvalue weighted by Gasteiger charge is 2.20. The summed E-state index contributed by atoms with van der Waals surface area (Å²) in [7, 11) is 4.46. The number of methoxy groups -OCH3 is 2. The highest BCUT2D eigenvalue weighted by Crippen LogP contribution is 2.37. The van der Waals surface area contributed by atoms with Gasteiger partial charge in [0, 0.05) is 25.2 Å². The molecule has 0 spiro atoms. The van der Waals surface area contributed by atoms with Gasteiger partial charge in [0.2, 0.25) is 17.6 Å². The molecular weight excluding hydrogens is 512 g/mol. The van der Waals surface area contributed by atoms with Crippen molar-refractivity contribution in [1.82, 2.24) is 0 Å². The lowest BCUT2D eigenvalue weighted by Gasteiger charge is -2.21. The summed E-state index contributed by atoms with van der Waals surface area (Å²) in [5, 5.41) is 12.8. The van der Waals surface area contributed by atoms with Crippen molar-refractivity contribution >= 4 is 35.2 Å². The summed E-state index contributed by atoms with van der Waals surface area (Å²) >= 11 is 0. The molecule has 0 radical (unpaired) electrons. The fraction of sp³-hybridized carbons (Fsp3) is 0.452. The molecule has 0 saturated heterocycles. The van der Waals surface area contributed by atoms with Gasteiger partial charge in [-0.1, -0.05) is 45.4 Å². The fourth-order valence-corrected chi connectivity index (χ4v) is 4.17. The normalized spacial score (nSPS) is 10.8. The van der Waals surface area contributed by atoms with Crippen LogP contribution in [-0.4, -0.2) is 50.8 Å². The molecule has 2 rings (SSSR count). The number of esters is 1. The monoisotopic (exact) mass is 554 g/mol. The van der Waals surface area contributed by atoms with Crippen LogP contribution >= 0.6 is 0 Å². The number of nitrogens with zero attached hydrogens (tertiary/aromatic N) is 1. The first-order valence-corrected chi connectivity index (χ1v) is 13.8. The molecule has 2 amide bonds. The van der Waals surface area contributed by atoms with E-state index >= 15 is 0 Å². The van der Waals surface area contributed by atoms with Gasteiger partial charge in [-0.3, -0.25) is 9.59 Å². The van der Waals surface area contributed by atoms with Crippen molar-refractivity contribution in [1.29, 1.82) is 0 Å². The summed E-state index contributed by atoms with van der Waals surface area (Å²) in [4.78, 5) is 39.7. The first-order chi connectivity index (χ1) is 19.2. The number of hydrogen-bond acceptors (Lipinski definition) is 7. The molecule has 40 heavy (non-hydrogen) atoms. The Bertz CT molecular complexity index is 1150. The number of hydrogen-bond donors (Lipinski definition) is 2. The van der Waals surface area contributed by atoms with Crippen LogP contribution in [0, 0.1) is 0 Å². The maximum absolute atomic E-state index is 13.0. The lowest BCUT2D eigenvalue weighted by atomic mass is 10.1. The van der Waals surface area contributed by atoms with Crippen molar-refractivity contribution < 1.29 is 33.7 Å². The van der Waals surface area contributed by atoms with Gasteiger partial charge < -0.3 is 29.5 Å². The summed E-state index contributed by atoms with van der Waals surface area (Å²) in [5.41, 5.74) is 1.60. The fourth-order valence-electron chi connectivity index (χ4n) is 4.17. The predicted octanol–water partition coefficient (Wildman–Crippen LogP) is 6.34. The first-order valence-electron chi connectivity index (χ1n) is 13.8. The van der Waals surface area contributed by atoms with E-state index in [1.807, 2.05) is 0 Å². The first kappa shape index (κ1) is 32.2. The molecule has 0 saturated carbocycles. The second-order valence-corrected chi connectivity index (χ2v) is 9.37. The van der Waals surface area contributed by atoms with Crippen LogP contribution < -0.4 is 19.7 Å². The highest BCUT2D eigenvalue weighted by molar-refractivity contribution is 6.06. The molecule has 0 fully saturated rings. The zero-order chi connectivity index (χ0) is 29.5. The van der Waals surface area contributed by atoms with Gasteiger partial charge in [-0.05, 0) is 55.3 Å². The summed E-state index contributed by atoms with van der Waals surface area (Å²) in [6, 6.07) is 7.86. The Morgan fingerprint density at radius 2 is 1.55 bits per heavy atom. The summed E-state index contributed by atoms with van der Waals surface area (Å²) in [6.45, 7) is 4.10. The lowest BCUT2D eigenvalue weighted by Crippen LogP contribution is -2.28. The van der Waals surface area contributed by atoms with Gasteiger partial charge in [0.25, 0.3) is 0 Å². The van der Waals surface area contributed by atoms with Crippen molar-refractivity contribution in [3.05, 3.63) is 47.5 Å². The van der Waals surface area contributed by atoms with Crippen LogP contribution in [0.4, 0.5) is 11.4 Å². The van der Waals surface area contributed by atoms with Crippen LogP contribution in [0.3, 0.4) is 0 Å². The number of nitrogens with one attached hydrogen (secondary N) is 1. The van der Waals surface area contributed by atoms with E-state index in [2.05, 4.69) is 12.2 Å². The molecular formula is C31H42N2O7. The van der Waals surface area contributed by atoms with Crippen molar-refractivity contribution in [2.24, 2.45) is 0 Å². The molecule has 0 atom stereocenters. The molecule has 2 aromatic rings. The number of carbonyl (C=O) groups is 3. The van der Waals surface area contributed by atoms with Gasteiger partial charge in [0.05, 0.1) is 32.1 Å². The molecule has 2 N–H and O–H groups in total. The molecule has 0 aliphatic heterocycles. The van der Waals surface area contributed by atoms with Crippen LogP contribution in [-0.2, 0) is 14.3 Å². The second kappa shape index (κ2) is 16.8. The molecule has 0 unspecified atom stereocenters. The van der Waals surface area contributed by atoms with E-state index in [0.29, 0.717) is 23.4 Å². The quantitative estimate of drug-likeness (QED) is 0.141. The van der Waals surface area contributed by atoms with E-state index in [9.17, 15) is 19.5 Å². The third-order valence-corrected chi connectivity index (χ3v) is 6.42. The standard InChI is InChI=1S/C31H42N2O7/c1-6-8-9-10-11-12-13-14-29(35)33(3)25-21-23(16-17-24(25)31(37)40-7-2)32-28(34)18-15-22-19-26(38-4)30(36)27(20-22)39-5/h15-21,36H,6-14H2,1-5H3,(H,32,34)/b18-15+. The van der Waals surface area contributed by atoms with Gasteiger partial charge in [0.15, 0.2) is 11.5 Å². The minimum absolute atomic E-state index is 0.113. The molecule has 0 aromatic heterocycles. The van der Waals surface area contributed by atoms with E-state index in [1.165, 1.54) is 50.9 Å². The number of aromatic hydroxyl groups is 1. The average Bonchev–Trinajstić information content (AvgIpc) is 2.95. The summed E-state index contributed by atoms with van der Waals surface area (Å²) < 4.78 is 15.5. The van der Waals surface area contributed by atoms with Gasteiger partial charge in [-0.15, -0.1) is 0 Å². The minimum atomic E-state index is -0.541. The van der Waals surface area contributed by atoms with Crippen molar-refractivity contribution in [2.75, 3.05) is 38.1 Å². The Morgan fingerprint density at radius 1 is 0.925 bits per heavy atom. The van der Waals surface area contributed by atoms with Crippen LogP contribution in [0.25, 0.3) is 6.08 Å². The lowest BCUT2D eigenvalue weighted by molar-refractivity contribution is -0.118. The molecule has 2 aromatic carbocycles. The molecule has 9 heteroatoms. The molecule has 218 valence electrons. The van der Waals surface area contributed by atoms with E-state index in [-0.39, 0.29) is 35.3 Å². The zero-order valence-electron chi connectivity index (χ0n) is 24.2. The number of phenolic OH excluding ortho intramolecular Hbond substituents is 1. The van der Waals surface area contributed by atoms with Crippen LogP contribution in [0.1, 0.15) is 81.1 Å². The van der Waals surface area contributed by atoms with Gasteiger partial charge in [-0.2, -0.15) is 0 Å². The highest BCUT2D eigenvalue weighted by atomic mass is 16.5. The van der Waals surface area contributed by atoms with E-state index in [4.69, 9.17) is 14.2 Å². The SMILES string of the molecule is CCCCCCCCCC(=O)N(C)c1cc(NC(=O)/C=C/c2cc(OC)c(O)c(OC)c2)ccc1C(=O)OCC. The average molecular weight is 555 g/mol. The number of rotatable bonds is 16. The van der Waals surface area contributed by atoms with Gasteiger partial charge in [0.1, 0.15) is 0 Å². The Morgan fingerprint density at radius 3 is 2.15 bits per heavy atom. The molecule has 0 bridgehead atoms. The molecule has 0 aliphatic rings. The zero-order valence-corrected chi connectivity index (χ0v) is 24.2. The number of amides is 2. The number of carbonyl (C=O) groups excluding carboxylic acids is 3. The molecule has 0 heterocycles. The third-order valence-electron chi connectivity index (χ3n) is 6.42. The Kier molecular flexibility index (Phi) is 13.6. The maximum Gasteiger partial charge on any atom is 0.340 e. The predicted molar refractivity (Wildman–Crippen MR) is 157 cm³/mol. The van der Waals surface area contributed by atoms with Crippen molar-refractivity contribution in [2.45, 2.75) is 65.2 Å². The summed E-state index contributed by atoms with van der Waals surface area (Å²) in [5.74, 6) is -0.797. The van der Waals surface area contributed by atoms with Crippen LogP contribution in [0.5, 0.6) is 17.2 Å². The Labute approximate surface area is 237 Å². The number of anilines is 2. The van der Waals surface area contributed by atoms with E-state index in [1.54, 1.807) is 50.4 Å². The Hall–Kier alpha value is -4.01. The van der Waals surface area contributed by atoms with Gasteiger partial charge in [-0.25, -0.2) is 4.79 Å². The van der Waals surface area contributed by atoms with Crippen LogP contribution in [0.15, 0.2) is 36.4 Å². The largest absolute Gasteiger partial charge is 0.502 e. The topological polar surface area (TPSA) is 114 Å². The smallest absolute Gasteiger partial charge is 0.340 e. The number of benzene rings is 2. The van der Waals surface area contributed by atoms with Crippen molar-refractivity contribution in [3.8, 4) is 17.2 Å². The van der Waals surface area contributed by atoms with Gasteiger partial charge >= 0.3 is 5.97 Å². The van der Waals surface area contributed by atoms with E-state index < -0.39 is 11.9 Å². The maximum atomic E-state index is 13.0. The second-order valence-electron chi connectivity index (χ2n) is 9.37. The third kappa shape index (κ3) is 9.63. The van der Waals surface area contributed by atoms with Crippen molar-refractivity contribution in [3.63, 3.8) is 0 Å². The number of ether oxygens (including phenoxy) is 3. The number of unbranched alkanes of at least 4 members (excludes halogenated alkanes) is 6. The summed E-state index contributed by atoms with van der Waals surface area (Å²) in [6.07, 6.45) is 10.9. The molecule has 9 nitrogen and oxygen atoms in total. The number of phenols is 1. The van der Waals surface area contributed by atoms with E-state index in [0.717, 1.165) is 19.3 Å². The minimum Gasteiger partial charge on any atom is -0.502 e. The Balaban J connectivity index is 2.15.